The van der Waals surface area contributed by atoms with E-state index in [-0.39, 0.29) is 0 Å². The number of hydrogen-bond acceptors (Lipinski definition) is 4. The van der Waals surface area contributed by atoms with Gasteiger partial charge in [0.2, 0.25) is 0 Å². The molecular weight excluding hydrogens is 246 g/mol. The molecule has 18 heavy (non-hydrogen) atoms. The van der Waals surface area contributed by atoms with E-state index in [1.807, 2.05) is 18.2 Å². The molecule has 0 saturated heterocycles. The normalized spacial score (nSPS) is 14.5. The third kappa shape index (κ3) is 5.65. The Labute approximate surface area is 114 Å². The Morgan fingerprint density at radius 3 is 2.67 bits per heavy atom. The van der Waals surface area contributed by atoms with Crippen LogP contribution in [-0.2, 0) is 0 Å². The van der Waals surface area contributed by atoms with Gasteiger partial charge in [0, 0.05) is 22.8 Å². The smallest absolute Gasteiger partial charge is 0.121 e. The van der Waals surface area contributed by atoms with Crippen molar-refractivity contribution in [2.24, 2.45) is 5.92 Å². The maximum atomic E-state index is 9.83. The van der Waals surface area contributed by atoms with Gasteiger partial charge in [0.1, 0.15) is 12.4 Å². The van der Waals surface area contributed by atoms with Crippen molar-refractivity contribution in [3.05, 3.63) is 24.3 Å². The van der Waals surface area contributed by atoms with Gasteiger partial charge in [-0.2, -0.15) is 11.8 Å². The molecule has 0 fully saturated rings. The van der Waals surface area contributed by atoms with Crippen LogP contribution < -0.4 is 10.5 Å². The minimum Gasteiger partial charge on any atom is -0.491 e. The number of anilines is 1. The first-order valence-corrected chi connectivity index (χ1v) is 7.32. The Bertz CT molecular complexity index is 357. The van der Waals surface area contributed by atoms with E-state index >= 15 is 0 Å². The van der Waals surface area contributed by atoms with E-state index in [1.165, 1.54) is 0 Å². The molecule has 1 aromatic carbocycles. The average Bonchev–Trinajstić information content (AvgIpc) is 2.33. The van der Waals surface area contributed by atoms with Crippen LogP contribution in [0.5, 0.6) is 5.75 Å². The molecule has 4 heteroatoms. The second-order valence-corrected chi connectivity index (χ2v) is 6.23. The lowest BCUT2D eigenvalue weighted by molar-refractivity contribution is 0.126. The van der Waals surface area contributed by atoms with Crippen LogP contribution in [0, 0.1) is 5.92 Å². The van der Waals surface area contributed by atoms with Crippen molar-refractivity contribution in [3.63, 3.8) is 0 Å². The van der Waals surface area contributed by atoms with Crippen LogP contribution in [0.2, 0.25) is 0 Å². The van der Waals surface area contributed by atoms with Crippen LogP contribution in [0.1, 0.15) is 20.8 Å². The third-order valence-corrected chi connectivity index (χ3v) is 4.44. The van der Waals surface area contributed by atoms with E-state index in [2.05, 4.69) is 20.8 Å². The van der Waals surface area contributed by atoms with Crippen molar-refractivity contribution >= 4 is 17.4 Å². The lowest BCUT2D eigenvalue weighted by Crippen LogP contribution is -2.22. The van der Waals surface area contributed by atoms with Crippen LogP contribution in [0.15, 0.2) is 24.3 Å². The molecule has 0 heterocycles. The molecule has 0 aliphatic heterocycles. The van der Waals surface area contributed by atoms with Crippen LogP contribution in [0.3, 0.4) is 0 Å². The van der Waals surface area contributed by atoms with Gasteiger partial charge in [-0.1, -0.05) is 26.8 Å². The molecule has 0 spiro atoms. The maximum Gasteiger partial charge on any atom is 0.121 e. The number of thioether (sulfide) groups is 1. The quantitative estimate of drug-likeness (QED) is 0.747. The molecule has 1 rings (SSSR count). The number of ether oxygens (including phenoxy) is 1. The van der Waals surface area contributed by atoms with Gasteiger partial charge in [-0.3, -0.25) is 0 Å². The Morgan fingerprint density at radius 1 is 1.33 bits per heavy atom. The van der Waals surface area contributed by atoms with Gasteiger partial charge < -0.3 is 15.6 Å². The zero-order chi connectivity index (χ0) is 13.5. The summed E-state index contributed by atoms with van der Waals surface area (Å²) in [5.74, 6) is 2.02. The first-order chi connectivity index (χ1) is 8.49. The zero-order valence-electron chi connectivity index (χ0n) is 11.3. The summed E-state index contributed by atoms with van der Waals surface area (Å²) in [6.07, 6.45) is -0.447. The summed E-state index contributed by atoms with van der Waals surface area (Å²) < 4.78 is 5.50. The van der Waals surface area contributed by atoms with Crippen molar-refractivity contribution in [2.75, 3.05) is 18.1 Å². The molecule has 102 valence electrons. The van der Waals surface area contributed by atoms with Crippen molar-refractivity contribution in [1.29, 1.82) is 0 Å². The summed E-state index contributed by atoms with van der Waals surface area (Å²) in [7, 11) is 0. The van der Waals surface area contributed by atoms with Gasteiger partial charge in [-0.05, 0) is 18.1 Å². The van der Waals surface area contributed by atoms with E-state index in [1.54, 1.807) is 17.8 Å². The highest BCUT2D eigenvalue weighted by Gasteiger charge is 2.11. The SMILES string of the molecule is CC(C)C(C)SCC(O)COc1cccc(N)c1. The Balaban J connectivity index is 2.27. The molecule has 0 aromatic heterocycles. The van der Waals surface area contributed by atoms with Crippen LogP contribution in [-0.4, -0.2) is 28.8 Å². The fourth-order valence-electron chi connectivity index (χ4n) is 1.30. The standard InChI is InChI=1S/C14H23NO2S/c1-10(2)11(3)18-9-13(16)8-17-14-6-4-5-12(15)7-14/h4-7,10-11,13,16H,8-9,15H2,1-3H3. The molecule has 3 N–H and O–H groups in total. The maximum absolute atomic E-state index is 9.83. The summed E-state index contributed by atoms with van der Waals surface area (Å²) in [6.45, 7) is 6.86. The van der Waals surface area contributed by atoms with Crippen LogP contribution >= 0.6 is 11.8 Å². The predicted molar refractivity (Wildman–Crippen MR) is 79.1 cm³/mol. The Hall–Kier alpha value is -0.870. The van der Waals surface area contributed by atoms with E-state index in [0.29, 0.717) is 35.0 Å². The third-order valence-electron chi connectivity index (χ3n) is 2.79. The molecule has 0 radical (unpaired) electrons. The molecule has 1 aromatic rings. The Kier molecular flexibility index (Phi) is 6.36. The van der Waals surface area contributed by atoms with E-state index < -0.39 is 6.10 Å². The summed E-state index contributed by atoms with van der Waals surface area (Å²) in [5.41, 5.74) is 6.32. The van der Waals surface area contributed by atoms with Gasteiger partial charge in [0.15, 0.2) is 0 Å². The van der Waals surface area contributed by atoms with Gasteiger partial charge in [-0.15, -0.1) is 0 Å². The van der Waals surface area contributed by atoms with Gasteiger partial charge >= 0.3 is 0 Å². The first-order valence-electron chi connectivity index (χ1n) is 6.27. The topological polar surface area (TPSA) is 55.5 Å². The summed E-state index contributed by atoms with van der Waals surface area (Å²) >= 11 is 1.78. The minimum absolute atomic E-state index is 0.307. The second-order valence-electron chi connectivity index (χ2n) is 4.82. The fraction of sp³-hybridized carbons (Fsp3) is 0.571. The first kappa shape index (κ1) is 15.2. The fourth-order valence-corrected chi connectivity index (χ4v) is 2.31. The summed E-state index contributed by atoms with van der Waals surface area (Å²) in [4.78, 5) is 0. The summed E-state index contributed by atoms with van der Waals surface area (Å²) in [6, 6.07) is 7.25. The molecule has 3 nitrogen and oxygen atoms in total. The molecule has 0 saturated carbocycles. The second kappa shape index (κ2) is 7.54. The highest BCUT2D eigenvalue weighted by Crippen LogP contribution is 2.20. The predicted octanol–water partition coefficient (Wildman–Crippen LogP) is 2.79. The molecule has 0 amide bonds. The number of nitrogen functional groups attached to an aromatic ring is 1. The number of rotatable bonds is 7. The molecule has 2 unspecified atom stereocenters. The van der Waals surface area contributed by atoms with Crippen molar-refractivity contribution < 1.29 is 9.84 Å². The molecule has 2 atom stereocenters. The van der Waals surface area contributed by atoms with E-state index in [4.69, 9.17) is 10.5 Å². The molecular formula is C14H23NO2S. The van der Waals surface area contributed by atoms with Crippen LogP contribution in [0.25, 0.3) is 0 Å². The largest absolute Gasteiger partial charge is 0.491 e. The van der Waals surface area contributed by atoms with Gasteiger partial charge in [0.25, 0.3) is 0 Å². The average molecular weight is 269 g/mol. The van der Waals surface area contributed by atoms with E-state index in [0.717, 1.165) is 0 Å². The van der Waals surface area contributed by atoms with Crippen molar-refractivity contribution in [2.45, 2.75) is 32.1 Å². The Morgan fingerprint density at radius 2 is 2.06 bits per heavy atom. The minimum atomic E-state index is -0.447. The number of benzene rings is 1. The highest BCUT2D eigenvalue weighted by atomic mass is 32.2. The lowest BCUT2D eigenvalue weighted by Gasteiger charge is -2.18. The molecule has 0 aliphatic rings. The monoisotopic (exact) mass is 269 g/mol. The lowest BCUT2D eigenvalue weighted by atomic mass is 10.2. The van der Waals surface area contributed by atoms with Gasteiger partial charge in [-0.25, -0.2) is 0 Å². The highest BCUT2D eigenvalue weighted by molar-refractivity contribution is 7.99. The number of hydrogen-bond donors (Lipinski definition) is 2. The number of nitrogens with two attached hydrogens (primary N) is 1. The van der Waals surface area contributed by atoms with Gasteiger partial charge in [0.05, 0.1) is 6.10 Å². The number of aliphatic hydroxyl groups is 1. The zero-order valence-corrected chi connectivity index (χ0v) is 12.1. The number of aliphatic hydroxyl groups excluding tert-OH is 1. The van der Waals surface area contributed by atoms with Crippen LogP contribution in [0.4, 0.5) is 5.69 Å². The summed E-state index contributed by atoms with van der Waals surface area (Å²) in [5, 5.41) is 10.4. The van der Waals surface area contributed by atoms with E-state index in [9.17, 15) is 5.11 Å². The van der Waals surface area contributed by atoms with Crippen molar-refractivity contribution in [1.82, 2.24) is 0 Å². The molecule has 0 bridgehead atoms. The van der Waals surface area contributed by atoms with Crippen molar-refractivity contribution in [3.8, 4) is 5.75 Å². The molecule has 0 aliphatic carbocycles.